The third-order valence-corrected chi connectivity index (χ3v) is 4.42. The van der Waals surface area contributed by atoms with Gasteiger partial charge in [-0.1, -0.05) is 23.7 Å². The number of thiazole rings is 1. The second-order valence-corrected chi connectivity index (χ2v) is 6.37. The second-order valence-electron chi connectivity index (χ2n) is 5.08. The molecule has 0 aliphatic rings. The van der Waals surface area contributed by atoms with Crippen LogP contribution in [0.4, 0.5) is 18.9 Å². The fourth-order valence-electron chi connectivity index (χ4n) is 2.07. The first kappa shape index (κ1) is 17.4. The summed E-state index contributed by atoms with van der Waals surface area (Å²) in [7, 11) is 0. The fraction of sp³-hybridized carbons (Fsp3) is 0.0588. The predicted molar refractivity (Wildman–Crippen MR) is 92.0 cm³/mol. The van der Waals surface area contributed by atoms with E-state index in [1.165, 1.54) is 17.5 Å². The number of carbonyl (C=O) groups is 1. The van der Waals surface area contributed by atoms with Crippen molar-refractivity contribution in [2.75, 3.05) is 5.32 Å². The van der Waals surface area contributed by atoms with Gasteiger partial charge in [0.1, 0.15) is 10.7 Å². The van der Waals surface area contributed by atoms with E-state index in [0.717, 1.165) is 23.5 Å². The molecule has 0 unspecified atom stereocenters. The highest BCUT2D eigenvalue weighted by Crippen LogP contribution is 2.33. The smallest absolute Gasteiger partial charge is 0.321 e. The van der Waals surface area contributed by atoms with Gasteiger partial charge >= 0.3 is 6.18 Å². The molecule has 0 saturated carbocycles. The molecule has 3 nitrogen and oxygen atoms in total. The van der Waals surface area contributed by atoms with Crippen molar-refractivity contribution in [2.24, 2.45) is 0 Å². The average molecular weight is 383 g/mol. The van der Waals surface area contributed by atoms with Gasteiger partial charge in [0.25, 0.3) is 5.91 Å². The molecule has 1 amide bonds. The van der Waals surface area contributed by atoms with E-state index in [0.29, 0.717) is 21.3 Å². The molecule has 0 aliphatic heterocycles. The van der Waals surface area contributed by atoms with Crippen molar-refractivity contribution in [2.45, 2.75) is 6.18 Å². The largest absolute Gasteiger partial charge is 0.416 e. The van der Waals surface area contributed by atoms with Crippen LogP contribution in [0.15, 0.2) is 53.9 Å². The van der Waals surface area contributed by atoms with Crippen molar-refractivity contribution in [3.63, 3.8) is 0 Å². The molecule has 3 aromatic rings. The van der Waals surface area contributed by atoms with E-state index >= 15 is 0 Å². The summed E-state index contributed by atoms with van der Waals surface area (Å²) < 4.78 is 38.4. The summed E-state index contributed by atoms with van der Waals surface area (Å²) in [6.45, 7) is 0. The van der Waals surface area contributed by atoms with Gasteiger partial charge in [0.15, 0.2) is 0 Å². The van der Waals surface area contributed by atoms with Gasteiger partial charge in [0, 0.05) is 21.7 Å². The van der Waals surface area contributed by atoms with Crippen LogP contribution in [0.2, 0.25) is 5.02 Å². The van der Waals surface area contributed by atoms with Crippen LogP contribution in [0.3, 0.4) is 0 Å². The highest BCUT2D eigenvalue weighted by Gasteiger charge is 2.30. The molecule has 128 valence electrons. The monoisotopic (exact) mass is 382 g/mol. The molecular weight excluding hydrogens is 373 g/mol. The molecule has 1 N–H and O–H groups in total. The van der Waals surface area contributed by atoms with E-state index in [4.69, 9.17) is 11.6 Å². The molecule has 3 rings (SSSR count). The number of amides is 1. The van der Waals surface area contributed by atoms with E-state index in [1.807, 2.05) is 0 Å². The SMILES string of the molecule is O=C(Nc1ccc(Cl)cc1)c1csc(-c2cccc(C(F)(F)F)c2)n1. The lowest BCUT2D eigenvalue weighted by Crippen LogP contribution is -2.12. The maximum absolute atomic E-state index is 12.8. The van der Waals surface area contributed by atoms with Crippen molar-refractivity contribution in [3.8, 4) is 10.6 Å². The highest BCUT2D eigenvalue weighted by atomic mass is 35.5. The Bertz CT molecular complexity index is 907. The minimum atomic E-state index is -4.43. The number of nitrogens with one attached hydrogen (secondary N) is 1. The summed E-state index contributed by atoms with van der Waals surface area (Å²) in [5, 5.41) is 5.03. The molecule has 0 aliphatic carbocycles. The summed E-state index contributed by atoms with van der Waals surface area (Å²) in [5.74, 6) is -0.447. The zero-order valence-electron chi connectivity index (χ0n) is 12.5. The number of benzene rings is 2. The van der Waals surface area contributed by atoms with Crippen LogP contribution < -0.4 is 5.32 Å². The Kier molecular flexibility index (Phi) is 4.78. The van der Waals surface area contributed by atoms with E-state index in [9.17, 15) is 18.0 Å². The normalized spacial score (nSPS) is 11.4. The fourth-order valence-corrected chi connectivity index (χ4v) is 2.99. The third kappa shape index (κ3) is 4.18. The van der Waals surface area contributed by atoms with Gasteiger partial charge in [0.2, 0.25) is 0 Å². The maximum Gasteiger partial charge on any atom is 0.416 e. The summed E-state index contributed by atoms with van der Waals surface area (Å²) in [6, 6.07) is 11.4. The summed E-state index contributed by atoms with van der Waals surface area (Å²) in [4.78, 5) is 16.3. The Morgan fingerprint density at radius 3 is 2.52 bits per heavy atom. The van der Waals surface area contributed by atoms with Crippen molar-refractivity contribution in [1.82, 2.24) is 4.98 Å². The van der Waals surface area contributed by atoms with E-state index in [1.54, 1.807) is 24.3 Å². The van der Waals surface area contributed by atoms with Crippen LogP contribution in [0.25, 0.3) is 10.6 Å². The van der Waals surface area contributed by atoms with Gasteiger partial charge in [0.05, 0.1) is 5.56 Å². The first-order valence-corrected chi connectivity index (χ1v) is 8.29. The highest BCUT2D eigenvalue weighted by molar-refractivity contribution is 7.13. The van der Waals surface area contributed by atoms with Crippen LogP contribution in [-0.4, -0.2) is 10.9 Å². The van der Waals surface area contributed by atoms with Gasteiger partial charge in [-0.2, -0.15) is 13.2 Å². The zero-order valence-corrected chi connectivity index (χ0v) is 14.0. The Morgan fingerprint density at radius 1 is 1.12 bits per heavy atom. The first-order chi connectivity index (χ1) is 11.8. The standard InChI is InChI=1S/C17H10ClF3N2OS/c18-12-4-6-13(7-5-12)22-15(24)14-9-25-16(23-14)10-2-1-3-11(8-10)17(19,20)21/h1-9H,(H,22,24). The number of halogens is 4. The van der Waals surface area contributed by atoms with E-state index in [-0.39, 0.29) is 5.69 Å². The van der Waals surface area contributed by atoms with Gasteiger partial charge in [-0.25, -0.2) is 4.98 Å². The number of hydrogen-bond acceptors (Lipinski definition) is 3. The predicted octanol–water partition coefficient (Wildman–Crippen LogP) is 5.73. The van der Waals surface area contributed by atoms with Crippen molar-refractivity contribution in [1.29, 1.82) is 0 Å². The molecule has 0 radical (unpaired) electrons. The molecule has 0 bridgehead atoms. The molecule has 0 saturated heterocycles. The maximum atomic E-state index is 12.8. The lowest BCUT2D eigenvalue weighted by atomic mass is 10.1. The number of anilines is 1. The van der Waals surface area contributed by atoms with Crippen molar-refractivity contribution < 1.29 is 18.0 Å². The number of nitrogens with zero attached hydrogens (tertiary/aromatic N) is 1. The van der Waals surface area contributed by atoms with Crippen molar-refractivity contribution in [3.05, 3.63) is 70.2 Å². The molecule has 8 heteroatoms. The number of aromatic nitrogens is 1. The molecule has 0 fully saturated rings. The van der Waals surface area contributed by atoms with E-state index in [2.05, 4.69) is 10.3 Å². The number of hydrogen-bond donors (Lipinski definition) is 1. The number of alkyl halides is 3. The Hall–Kier alpha value is -2.38. The lowest BCUT2D eigenvalue weighted by molar-refractivity contribution is -0.137. The quantitative estimate of drug-likeness (QED) is 0.628. The van der Waals surface area contributed by atoms with Gasteiger partial charge in [-0.05, 0) is 36.4 Å². The Morgan fingerprint density at radius 2 is 1.84 bits per heavy atom. The minimum absolute atomic E-state index is 0.132. The number of rotatable bonds is 3. The summed E-state index contributed by atoms with van der Waals surface area (Å²) >= 11 is 6.88. The first-order valence-electron chi connectivity index (χ1n) is 7.03. The third-order valence-electron chi connectivity index (χ3n) is 3.28. The number of carbonyl (C=O) groups excluding carboxylic acids is 1. The molecule has 0 spiro atoms. The van der Waals surface area contributed by atoms with Crippen LogP contribution in [0.5, 0.6) is 0 Å². The van der Waals surface area contributed by atoms with Crippen LogP contribution in [0, 0.1) is 0 Å². The van der Waals surface area contributed by atoms with Crippen LogP contribution in [-0.2, 0) is 6.18 Å². The van der Waals surface area contributed by atoms with Crippen molar-refractivity contribution >= 4 is 34.5 Å². The van der Waals surface area contributed by atoms with Gasteiger partial charge in [-0.15, -0.1) is 11.3 Å². The minimum Gasteiger partial charge on any atom is -0.321 e. The second kappa shape index (κ2) is 6.85. The van der Waals surface area contributed by atoms with E-state index < -0.39 is 17.6 Å². The molecule has 0 atom stereocenters. The topological polar surface area (TPSA) is 42.0 Å². The van der Waals surface area contributed by atoms with Gasteiger partial charge in [-0.3, -0.25) is 4.79 Å². The Balaban J connectivity index is 1.80. The van der Waals surface area contributed by atoms with Crippen LogP contribution in [0.1, 0.15) is 16.1 Å². The molecular formula is C17H10ClF3N2OS. The summed E-state index contributed by atoms with van der Waals surface area (Å²) in [5.41, 5.74) is 0.230. The Labute approximate surface area is 150 Å². The van der Waals surface area contributed by atoms with Crippen LogP contribution >= 0.6 is 22.9 Å². The van der Waals surface area contributed by atoms with Gasteiger partial charge < -0.3 is 5.32 Å². The molecule has 2 aromatic carbocycles. The average Bonchev–Trinajstić information content (AvgIpc) is 3.06. The summed E-state index contributed by atoms with van der Waals surface area (Å²) in [6.07, 6.45) is -4.43. The molecule has 25 heavy (non-hydrogen) atoms. The molecule has 1 aromatic heterocycles. The lowest BCUT2D eigenvalue weighted by Gasteiger charge is -2.07. The zero-order chi connectivity index (χ0) is 18.0. The molecule has 1 heterocycles.